The number of nitrogens with zero attached hydrogens (tertiary/aromatic N) is 1. The Labute approximate surface area is 221 Å². The normalized spacial score (nSPS) is 12.8. The molecule has 2 aliphatic heterocycles. The largest absolute Gasteiger partial charge is 1.00 e. The summed E-state index contributed by atoms with van der Waals surface area (Å²) in [4.78, 5) is 12.5. The molecule has 6 rings (SSSR count). The highest BCUT2D eigenvalue weighted by molar-refractivity contribution is 5.92. The number of ether oxygens (including phenoxy) is 4. The predicted octanol–water partition coefficient (Wildman–Crippen LogP) is 0.829. The summed E-state index contributed by atoms with van der Waals surface area (Å²) in [6.07, 6.45) is 3.75. The van der Waals surface area contributed by atoms with Gasteiger partial charge in [-0.1, -0.05) is 30.3 Å². The van der Waals surface area contributed by atoms with E-state index in [0.29, 0.717) is 18.0 Å². The number of carbonyl (C=O) groups excluding carboxylic acids is 1. The maximum Gasteiger partial charge on any atom is 0.257 e. The number of hydrogen-bond acceptors (Lipinski definition) is 5. The highest BCUT2D eigenvalue weighted by Crippen LogP contribution is 2.41. The van der Waals surface area contributed by atoms with E-state index in [1.807, 2.05) is 30.3 Å². The minimum Gasteiger partial charge on any atom is -1.00 e. The van der Waals surface area contributed by atoms with Gasteiger partial charge in [-0.15, -0.1) is 0 Å². The third-order valence-corrected chi connectivity index (χ3v) is 6.72. The molecule has 8 heteroatoms. The number of rotatable bonds is 7. The van der Waals surface area contributed by atoms with Crippen molar-refractivity contribution in [3.05, 3.63) is 78.0 Å². The Morgan fingerprint density at radius 3 is 2.68 bits per heavy atom. The first kappa shape index (κ1) is 24.7. The third kappa shape index (κ3) is 4.87. The van der Waals surface area contributed by atoms with E-state index in [2.05, 4.69) is 46.4 Å². The Balaban J connectivity index is 0.00000280. The zero-order valence-corrected chi connectivity index (χ0v) is 21.2. The quantitative estimate of drug-likeness (QED) is 0.367. The Morgan fingerprint density at radius 2 is 1.86 bits per heavy atom. The first-order valence-corrected chi connectivity index (χ1v) is 12.1. The number of carbonyl (C=O) groups is 1. The number of amides is 1. The zero-order chi connectivity index (χ0) is 24.5. The van der Waals surface area contributed by atoms with Crippen LogP contribution in [0.3, 0.4) is 0 Å². The number of benzene rings is 3. The highest BCUT2D eigenvalue weighted by Gasteiger charge is 2.28. The van der Waals surface area contributed by atoms with Crippen molar-refractivity contribution in [3.63, 3.8) is 0 Å². The molecule has 3 heterocycles. The Kier molecular flexibility index (Phi) is 7.06. The molecule has 0 atom stereocenters. The van der Waals surface area contributed by atoms with Crippen LogP contribution in [0.5, 0.6) is 23.0 Å². The van der Waals surface area contributed by atoms with Crippen molar-refractivity contribution in [1.29, 1.82) is 0 Å². The number of aromatic nitrogens is 1. The smallest absolute Gasteiger partial charge is 0.257 e. The molecule has 1 aromatic heterocycles. The number of aryl methyl sites for hydroxylation is 2. The van der Waals surface area contributed by atoms with E-state index < -0.39 is 0 Å². The number of nitrogens with one attached hydrogen (secondary N) is 1. The van der Waals surface area contributed by atoms with E-state index in [9.17, 15) is 4.79 Å². The van der Waals surface area contributed by atoms with Crippen LogP contribution in [0.2, 0.25) is 0 Å². The predicted molar refractivity (Wildman–Crippen MR) is 135 cm³/mol. The molecule has 0 fully saturated rings. The maximum absolute atomic E-state index is 12.5. The lowest BCUT2D eigenvalue weighted by Crippen LogP contribution is -3.00. The van der Waals surface area contributed by atoms with Crippen molar-refractivity contribution < 1.29 is 40.7 Å². The Morgan fingerprint density at radius 1 is 1.05 bits per heavy atom. The van der Waals surface area contributed by atoms with Gasteiger partial charge in [-0.3, -0.25) is 4.79 Å². The van der Waals surface area contributed by atoms with Gasteiger partial charge in [0, 0.05) is 19.0 Å². The second kappa shape index (κ2) is 10.6. The standard InChI is InChI=1S/C29H26N2O5.ClH/c1-33-25-8-7-20-13-24-22-15-27-26(35-18-36-27)14-21(22)10-12-31(24)16-23(20)29(25)34-17-28(32)30-11-9-19-5-3-2-4-6-19;/h2-8,13-16H,9-12,17-18H2,1H3;1H. The van der Waals surface area contributed by atoms with Gasteiger partial charge in [-0.05, 0) is 47.2 Å². The summed E-state index contributed by atoms with van der Waals surface area (Å²) in [6.45, 7) is 1.56. The fraction of sp³-hybridized carbons (Fsp3) is 0.241. The molecular weight excluding hydrogens is 492 g/mol. The Bertz CT molecular complexity index is 1460. The van der Waals surface area contributed by atoms with Crippen molar-refractivity contribution in [2.24, 2.45) is 0 Å². The van der Waals surface area contributed by atoms with Gasteiger partial charge >= 0.3 is 0 Å². The molecule has 1 amide bonds. The number of halogens is 1. The lowest BCUT2D eigenvalue weighted by molar-refractivity contribution is -0.686. The van der Waals surface area contributed by atoms with Crippen molar-refractivity contribution in [2.75, 3.05) is 27.1 Å². The van der Waals surface area contributed by atoms with Gasteiger partial charge in [0.25, 0.3) is 5.91 Å². The first-order valence-electron chi connectivity index (χ1n) is 12.1. The van der Waals surface area contributed by atoms with Gasteiger partial charge in [-0.25, -0.2) is 0 Å². The molecule has 2 aliphatic rings. The van der Waals surface area contributed by atoms with Gasteiger partial charge in [0.05, 0.1) is 18.1 Å². The van der Waals surface area contributed by atoms with E-state index in [1.165, 1.54) is 11.1 Å². The summed E-state index contributed by atoms with van der Waals surface area (Å²) in [5.74, 6) is 2.59. The molecule has 190 valence electrons. The molecule has 7 nitrogen and oxygen atoms in total. The van der Waals surface area contributed by atoms with Crippen LogP contribution in [-0.4, -0.2) is 33.0 Å². The summed E-state index contributed by atoms with van der Waals surface area (Å²) < 4.78 is 25.0. The van der Waals surface area contributed by atoms with Crippen LogP contribution in [0.25, 0.3) is 22.0 Å². The molecule has 0 saturated carbocycles. The van der Waals surface area contributed by atoms with Gasteiger partial charge in [0.15, 0.2) is 42.3 Å². The first-order chi connectivity index (χ1) is 17.7. The van der Waals surface area contributed by atoms with Crippen molar-refractivity contribution in [3.8, 4) is 34.3 Å². The van der Waals surface area contributed by atoms with Crippen molar-refractivity contribution in [1.82, 2.24) is 5.32 Å². The van der Waals surface area contributed by atoms with Crippen LogP contribution in [0.4, 0.5) is 0 Å². The van der Waals surface area contributed by atoms with Crippen LogP contribution >= 0.6 is 0 Å². The summed E-state index contributed by atoms with van der Waals surface area (Å²) in [5, 5.41) is 4.84. The average Bonchev–Trinajstić information content (AvgIpc) is 3.37. The van der Waals surface area contributed by atoms with E-state index in [4.69, 9.17) is 18.9 Å². The van der Waals surface area contributed by atoms with Crippen LogP contribution < -0.4 is 41.2 Å². The molecule has 0 radical (unpaired) electrons. The van der Waals surface area contributed by atoms with E-state index >= 15 is 0 Å². The van der Waals surface area contributed by atoms with Gasteiger partial charge < -0.3 is 36.7 Å². The highest BCUT2D eigenvalue weighted by atomic mass is 35.5. The third-order valence-electron chi connectivity index (χ3n) is 6.72. The zero-order valence-electron chi connectivity index (χ0n) is 20.5. The molecule has 0 aliphatic carbocycles. The summed E-state index contributed by atoms with van der Waals surface area (Å²) in [5.41, 5.74) is 4.68. The maximum atomic E-state index is 12.5. The van der Waals surface area contributed by atoms with Crippen molar-refractivity contribution in [2.45, 2.75) is 19.4 Å². The van der Waals surface area contributed by atoms with Gasteiger partial charge in [-0.2, -0.15) is 4.57 Å². The number of methoxy groups -OCH3 is 1. The topological polar surface area (TPSA) is 69.9 Å². The molecule has 37 heavy (non-hydrogen) atoms. The van der Waals surface area contributed by atoms with Gasteiger partial charge in [0.2, 0.25) is 12.5 Å². The number of pyridine rings is 1. The molecular formula is C29H27ClN2O5. The van der Waals surface area contributed by atoms with Crippen LogP contribution in [0.1, 0.15) is 11.1 Å². The monoisotopic (exact) mass is 518 g/mol. The molecule has 0 spiro atoms. The minimum absolute atomic E-state index is 0. The van der Waals surface area contributed by atoms with E-state index in [1.54, 1.807) is 7.11 Å². The second-order valence-electron chi connectivity index (χ2n) is 8.94. The van der Waals surface area contributed by atoms with E-state index in [0.717, 1.165) is 52.9 Å². The number of hydrogen-bond donors (Lipinski definition) is 1. The number of fused-ring (bicyclic) bond motifs is 5. The summed E-state index contributed by atoms with van der Waals surface area (Å²) >= 11 is 0. The molecule has 4 aromatic rings. The lowest BCUT2D eigenvalue weighted by atomic mass is 9.95. The summed E-state index contributed by atoms with van der Waals surface area (Å²) in [6, 6.07) is 20.3. The average molecular weight is 519 g/mol. The molecule has 0 unspecified atom stereocenters. The van der Waals surface area contributed by atoms with Crippen molar-refractivity contribution >= 4 is 16.7 Å². The Hall–Kier alpha value is -3.97. The second-order valence-corrected chi connectivity index (χ2v) is 8.94. The van der Waals surface area contributed by atoms with Crippen LogP contribution in [-0.2, 0) is 24.2 Å². The molecule has 3 aromatic carbocycles. The van der Waals surface area contributed by atoms with E-state index in [-0.39, 0.29) is 31.7 Å². The van der Waals surface area contributed by atoms with Crippen LogP contribution in [0, 0.1) is 0 Å². The molecule has 0 bridgehead atoms. The SMILES string of the molecule is COc1ccc2cc3[n+](cc2c1OCC(=O)NCCc1ccccc1)CCc1cc2c(cc1-3)OCO2.[Cl-]. The van der Waals surface area contributed by atoms with Gasteiger partial charge in [0.1, 0.15) is 0 Å². The fourth-order valence-corrected chi connectivity index (χ4v) is 4.89. The molecule has 1 N–H and O–H groups in total. The summed E-state index contributed by atoms with van der Waals surface area (Å²) in [7, 11) is 1.61. The minimum atomic E-state index is -0.166. The van der Waals surface area contributed by atoms with Crippen LogP contribution in [0.15, 0.2) is 66.9 Å². The molecule has 0 saturated heterocycles. The fourth-order valence-electron chi connectivity index (χ4n) is 4.89. The lowest BCUT2D eigenvalue weighted by Gasteiger charge is -2.18.